The van der Waals surface area contributed by atoms with Crippen LogP contribution in [0.4, 0.5) is 5.00 Å². The molecule has 0 atom stereocenters. The van der Waals surface area contributed by atoms with Crippen LogP contribution in [0.5, 0.6) is 0 Å². The van der Waals surface area contributed by atoms with Gasteiger partial charge in [0.25, 0.3) is 0 Å². The van der Waals surface area contributed by atoms with Crippen LogP contribution in [0.1, 0.15) is 67.1 Å². The van der Waals surface area contributed by atoms with E-state index in [2.05, 4.69) is 5.32 Å². The fourth-order valence-corrected chi connectivity index (χ4v) is 3.76. The lowest BCUT2D eigenvalue weighted by Gasteiger charge is -2.06. The molecule has 1 aromatic rings. The molecule has 0 bridgehead atoms. The Hall–Kier alpha value is -3.46. The predicted octanol–water partition coefficient (Wildman–Crippen LogP) is 5.09. The van der Waals surface area contributed by atoms with Gasteiger partial charge in [0.05, 0.1) is 19.8 Å². The van der Waals surface area contributed by atoms with Crippen LogP contribution >= 0.6 is 11.3 Å². The van der Waals surface area contributed by atoms with Crippen molar-refractivity contribution in [2.75, 3.05) is 25.1 Å². The van der Waals surface area contributed by atoms with E-state index in [1.807, 2.05) is 6.92 Å². The minimum atomic E-state index is -0.654. The van der Waals surface area contributed by atoms with E-state index in [-0.39, 0.29) is 34.6 Å². The Kier molecular flexibility index (Phi) is 12.3. The van der Waals surface area contributed by atoms with Crippen molar-refractivity contribution in [2.24, 2.45) is 0 Å². The molecule has 1 rings (SSSR count). The van der Waals surface area contributed by atoms with E-state index in [1.165, 1.54) is 13.0 Å². The topological polar surface area (TPSA) is 108 Å². The zero-order valence-corrected chi connectivity index (χ0v) is 21.2. The number of allylic oxidation sites excluding steroid dienone is 6. The molecule has 0 radical (unpaired) electrons. The second-order valence-corrected chi connectivity index (χ2v) is 7.94. The largest absolute Gasteiger partial charge is 0.463 e. The monoisotopic (exact) mass is 489 g/mol. The van der Waals surface area contributed by atoms with Crippen molar-refractivity contribution in [3.8, 4) is 0 Å². The van der Waals surface area contributed by atoms with Crippen molar-refractivity contribution in [3.05, 3.63) is 57.5 Å². The molecule has 0 aromatic carbocycles. The molecular formula is C25H31NO7S. The number of thiophene rings is 1. The maximum Gasteiger partial charge on any atom is 0.349 e. The summed E-state index contributed by atoms with van der Waals surface area (Å²) in [5.41, 5.74) is 1.93. The van der Waals surface area contributed by atoms with Crippen LogP contribution in [0.25, 0.3) is 6.08 Å². The van der Waals surface area contributed by atoms with Crippen LogP contribution in [0.3, 0.4) is 0 Å². The van der Waals surface area contributed by atoms with E-state index in [0.717, 1.165) is 22.5 Å². The number of nitrogens with one attached hydrogen (secondary N) is 1. The fourth-order valence-electron chi connectivity index (χ4n) is 2.64. The molecule has 1 amide bonds. The maximum absolute atomic E-state index is 12.7. The van der Waals surface area contributed by atoms with Crippen LogP contribution in [0, 0.1) is 0 Å². The van der Waals surface area contributed by atoms with E-state index in [1.54, 1.807) is 58.1 Å². The van der Waals surface area contributed by atoms with Gasteiger partial charge in [-0.1, -0.05) is 36.0 Å². The van der Waals surface area contributed by atoms with E-state index in [9.17, 15) is 19.2 Å². The molecule has 0 saturated carbocycles. The Morgan fingerprint density at radius 3 is 2.06 bits per heavy atom. The van der Waals surface area contributed by atoms with Crippen LogP contribution in [0.15, 0.2) is 41.5 Å². The first kappa shape index (κ1) is 28.6. The molecule has 0 spiro atoms. The second kappa shape index (κ2) is 14.6. The Morgan fingerprint density at radius 2 is 1.47 bits per heavy atom. The third kappa shape index (κ3) is 9.19. The molecule has 8 nitrogen and oxygen atoms in total. The Balaban J connectivity index is 3.36. The maximum atomic E-state index is 12.7. The van der Waals surface area contributed by atoms with Gasteiger partial charge in [-0.25, -0.2) is 14.4 Å². The summed E-state index contributed by atoms with van der Waals surface area (Å²) >= 11 is 0.956. The minimum absolute atomic E-state index is 0.0953. The average molecular weight is 490 g/mol. The highest BCUT2D eigenvalue weighted by Crippen LogP contribution is 2.36. The number of amides is 1. The zero-order chi connectivity index (χ0) is 25.7. The third-order valence-electron chi connectivity index (χ3n) is 4.04. The lowest BCUT2D eigenvalue weighted by molar-refractivity contribution is -0.137. The average Bonchev–Trinajstić information content (AvgIpc) is 3.10. The van der Waals surface area contributed by atoms with Crippen molar-refractivity contribution < 1.29 is 33.4 Å². The lowest BCUT2D eigenvalue weighted by Crippen LogP contribution is -2.12. The summed E-state index contributed by atoms with van der Waals surface area (Å²) in [4.78, 5) is 48.5. The molecule has 0 fully saturated rings. The molecule has 0 aliphatic heterocycles. The van der Waals surface area contributed by atoms with Crippen molar-refractivity contribution in [2.45, 2.75) is 41.5 Å². The molecule has 0 saturated heterocycles. The number of ether oxygens (including phenoxy) is 3. The highest BCUT2D eigenvalue weighted by Gasteiger charge is 2.28. The van der Waals surface area contributed by atoms with Gasteiger partial charge in [0.2, 0.25) is 5.91 Å². The molecule has 184 valence electrons. The molecule has 0 aliphatic rings. The van der Waals surface area contributed by atoms with Gasteiger partial charge in [0.1, 0.15) is 15.4 Å². The van der Waals surface area contributed by atoms with Gasteiger partial charge in [-0.15, -0.1) is 11.3 Å². The smallest absolute Gasteiger partial charge is 0.349 e. The van der Waals surface area contributed by atoms with Crippen molar-refractivity contribution >= 4 is 46.2 Å². The molecule has 1 heterocycles. The number of hydrogen-bond donors (Lipinski definition) is 1. The van der Waals surface area contributed by atoms with Gasteiger partial charge < -0.3 is 19.5 Å². The first-order valence-electron chi connectivity index (χ1n) is 10.8. The quantitative estimate of drug-likeness (QED) is 0.200. The lowest BCUT2D eigenvalue weighted by atomic mass is 10.1. The van der Waals surface area contributed by atoms with Crippen LogP contribution < -0.4 is 5.32 Å². The summed E-state index contributed by atoms with van der Waals surface area (Å²) in [7, 11) is 0. The van der Waals surface area contributed by atoms with Gasteiger partial charge in [0, 0.05) is 18.6 Å². The molecule has 1 aromatic heterocycles. The van der Waals surface area contributed by atoms with Crippen molar-refractivity contribution in [1.82, 2.24) is 0 Å². The van der Waals surface area contributed by atoms with Crippen molar-refractivity contribution in [3.63, 3.8) is 0 Å². The highest BCUT2D eigenvalue weighted by molar-refractivity contribution is 7.18. The predicted molar refractivity (Wildman–Crippen MR) is 133 cm³/mol. The summed E-state index contributed by atoms with van der Waals surface area (Å²) in [6.45, 7) is 10.6. The zero-order valence-electron chi connectivity index (χ0n) is 20.4. The van der Waals surface area contributed by atoms with Gasteiger partial charge in [0.15, 0.2) is 0 Å². The SMILES string of the molecule is CCOC(=O)/C=C(C)/C=C/C=C(C)/C=C/c1c(C(=O)OCC)sc(NC(C)=O)c1C(=O)OCC. The standard InChI is InChI=1S/C25H31NO7S/c1-7-31-20(28)15-17(5)12-10-11-16(4)13-14-19-21(24(29)32-8-2)23(26-18(6)27)34-22(19)25(30)33-9-3/h10-15H,7-9H2,1-6H3,(H,26,27)/b12-10+,14-13+,16-11+,17-15+. The Bertz CT molecular complexity index is 1030. The normalized spacial score (nSPS) is 12.2. The van der Waals surface area contributed by atoms with Gasteiger partial charge in [-0.2, -0.15) is 0 Å². The van der Waals surface area contributed by atoms with Gasteiger partial charge in [-0.3, -0.25) is 4.79 Å². The summed E-state index contributed by atoms with van der Waals surface area (Å²) < 4.78 is 15.2. The summed E-state index contributed by atoms with van der Waals surface area (Å²) in [6.07, 6.45) is 10.0. The molecule has 1 N–H and O–H groups in total. The van der Waals surface area contributed by atoms with Crippen LogP contribution in [-0.2, 0) is 23.8 Å². The number of hydrogen-bond acceptors (Lipinski definition) is 8. The number of rotatable bonds is 11. The summed E-state index contributed by atoms with van der Waals surface area (Å²) in [5.74, 6) is -2.05. The van der Waals surface area contributed by atoms with Crippen LogP contribution in [-0.4, -0.2) is 43.6 Å². The second-order valence-electron chi connectivity index (χ2n) is 6.91. The van der Waals surface area contributed by atoms with Gasteiger partial charge in [-0.05, 0) is 40.2 Å². The number of esters is 3. The highest BCUT2D eigenvalue weighted by atomic mass is 32.1. The third-order valence-corrected chi connectivity index (χ3v) is 5.14. The first-order chi connectivity index (χ1) is 16.1. The molecular weight excluding hydrogens is 458 g/mol. The summed E-state index contributed by atoms with van der Waals surface area (Å²) in [6, 6.07) is 0. The molecule has 0 aliphatic carbocycles. The number of anilines is 1. The molecule has 0 unspecified atom stereocenters. The molecule has 9 heteroatoms. The fraction of sp³-hybridized carbons (Fsp3) is 0.360. The van der Waals surface area contributed by atoms with E-state index >= 15 is 0 Å². The number of carbonyl (C=O) groups is 4. The number of carbonyl (C=O) groups excluding carboxylic acids is 4. The van der Waals surface area contributed by atoms with Crippen molar-refractivity contribution in [1.29, 1.82) is 0 Å². The van der Waals surface area contributed by atoms with E-state index in [4.69, 9.17) is 14.2 Å². The molecule has 34 heavy (non-hydrogen) atoms. The Labute approximate surface area is 204 Å². The van der Waals surface area contributed by atoms with Crippen LogP contribution in [0.2, 0.25) is 0 Å². The van der Waals surface area contributed by atoms with Gasteiger partial charge >= 0.3 is 17.9 Å². The van der Waals surface area contributed by atoms with E-state index in [0.29, 0.717) is 12.2 Å². The Morgan fingerprint density at radius 1 is 0.853 bits per heavy atom. The van der Waals surface area contributed by atoms with E-state index < -0.39 is 17.9 Å². The first-order valence-corrected chi connectivity index (χ1v) is 11.6. The minimum Gasteiger partial charge on any atom is -0.463 e. The summed E-state index contributed by atoms with van der Waals surface area (Å²) in [5, 5.41) is 2.81.